The molecule has 27 heavy (non-hydrogen) atoms. The van der Waals surface area contributed by atoms with Crippen LogP contribution in [0.1, 0.15) is 33.4 Å². The van der Waals surface area contributed by atoms with Crippen LogP contribution in [-0.2, 0) is 6.54 Å². The Kier molecular flexibility index (Phi) is 10.4. The topological polar surface area (TPSA) is 65.7 Å². The third kappa shape index (κ3) is 7.50. The Morgan fingerprint density at radius 3 is 2.37 bits per heavy atom. The molecule has 0 saturated heterocycles. The Labute approximate surface area is 179 Å². The van der Waals surface area contributed by atoms with Crippen molar-refractivity contribution >= 4 is 29.9 Å². The van der Waals surface area contributed by atoms with Gasteiger partial charge in [-0.3, -0.25) is 9.89 Å². The number of guanidine groups is 1. The standard InChI is InChI=1S/C20H31N5O.HI/c1-15(2)25(16(3)4)12-11-22-20(21-5)23-14-18-13-19(26-24-18)17-9-7-6-8-10-17;/h6-10,13,15-16H,11-12,14H2,1-5H3,(H2,21,22,23);1H. The number of nitrogens with one attached hydrogen (secondary N) is 2. The zero-order valence-corrected chi connectivity index (χ0v) is 19.2. The lowest BCUT2D eigenvalue weighted by Gasteiger charge is -2.30. The summed E-state index contributed by atoms with van der Waals surface area (Å²) < 4.78 is 5.42. The number of halogens is 1. The van der Waals surface area contributed by atoms with Crippen LogP contribution in [0.5, 0.6) is 0 Å². The first-order valence-corrected chi connectivity index (χ1v) is 9.22. The highest BCUT2D eigenvalue weighted by molar-refractivity contribution is 14.0. The minimum absolute atomic E-state index is 0. The van der Waals surface area contributed by atoms with Gasteiger partial charge in [-0.15, -0.1) is 24.0 Å². The molecule has 2 aromatic rings. The van der Waals surface area contributed by atoms with E-state index >= 15 is 0 Å². The second-order valence-electron chi connectivity index (χ2n) is 6.83. The smallest absolute Gasteiger partial charge is 0.191 e. The van der Waals surface area contributed by atoms with Gasteiger partial charge in [-0.05, 0) is 27.7 Å². The molecule has 0 aliphatic heterocycles. The highest BCUT2D eigenvalue weighted by Crippen LogP contribution is 2.19. The average molecular weight is 485 g/mol. The van der Waals surface area contributed by atoms with Crippen molar-refractivity contribution in [3.05, 3.63) is 42.1 Å². The Morgan fingerprint density at radius 2 is 1.78 bits per heavy atom. The van der Waals surface area contributed by atoms with E-state index in [1.165, 1.54) is 0 Å². The molecule has 0 saturated carbocycles. The second-order valence-corrected chi connectivity index (χ2v) is 6.83. The third-order valence-electron chi connectivity index (χ3n) is 4.27. The van der Waals surface area contributed by atoms with Gasteiger partial charge >= 0.3 is 0 Å². The van der Waals surface area contributed by atoms with Crippen LogP contribution in [0.15, 0.2) is 45.9 Å². The summed E-state index contributed by atoms with van der Waals surface area (Å²) in [7, 11) is 1.77. The summed E-state index contributed by atoms with van der Waals surface area (Å²) in [6.45, 7) is 11.3. The first-order chi connectivity index (χ1) is 12.5. The zero-order chi connectivity index (χ0) is 18.9. The van der Waals surface area contributed by atoms with Crippen molar-refractivity contribution in [3.8, 4) is 11.3 Å². The predicted octanol–water partition coefficient (Wildman–Crippen LogP) is 3.74. The molecule has 0 unspecified atom stereocenters. The van der Waals surface area contributed by atoms with E-state index in [-0.39, 0.29) is 24.0 Å². The predicted molar refractivity (Wildman–Crippen MR) is 123 cm³/mol. The first-order valence-electron chi connectivity index (χ1n) is 9.22. The van der Waals surface area contributed by atoms with Crippen LogP contribution in [0, 0.1) is 0 Å². The van der Waals surface area contributed by atoms with Gasteiger partial charge in [0.05, 0.1) is 6.54 Å². The Bertz CT molecular complexity index is 677. The number of aromatic nitrogens is 1. The SMILES string of the molecule is CN=C(NCCN(C(C)C)C(C)C)NCc1cc(-c2ccccc2)on1.I. The molecule has 0 aliphatic carbocycles. The van der Waals surface area contributed by atoms with Crippen LogP contribution >= 0.6 is 24.0 Å². The van der Waals surface area contributed by atoms with Gasteiger partial charge in [-0.1, -0.05) is 35.5 Å². The van der Waals surface area contributed by atoms with E-state index in [0.717, 1.165) is 36.1 Å². The molecular weight excluding hydrogens is 453 g/mol. The number of rotatable bonds is 8. The number of hydrogen-bond donors (Lipinski definition) is 2. The normalized spacial score (nSPS) is 11.8. The van der Waals surface area contributed by atoms with Gasteiger partial charge in [0.1, 0.15) is 5.69 Å². The number of nitrogens with zero attached hydrogens (tertiary/aromatic N) is 3. The van der Waals surface area contributed by atoms with Crippen LogP contribution in [0.4, 0.5) is 0 Å². The quantitative estimate of drug-likeness (QED) is 0.339. The molecular formula is C20H32IN5O. The molecule has 0 aliphatic rings. The Balaban J connectivity index is 0.00000364. The molecule has 0 amide bonds. The fourth-order valence-corrected chi connectivity index (χ4v) is 2.94. The molecule has 150 valence electrons. The average Bonchev–Trinajstić information content (AvgIpc) is 3.10. The summed E-state index contributed by atoms with van der Waals surface area (Å²) >= 11 is 0. The molecule has 0 fully saturated rings. The molecule has 1 heterocycles. The van der Waals surface area contributed by atoms with Crippen molar-refractivity contribution in [2.45, 2.75) is 46.3 Å². The molecule has 7 heteroatoms. The number of aliphatic imine (C=N–C) groups is 1. The van der Waals surface area contributed by atoms with Crippen LogP contribution in [0.25, 0.3) is 11.3 Å². The fourth-order valence-electron chi connectivity index (χ4n) is 2.94. The minimum atomic E-state index is 0. The summed E-state index contributed by atoms with van der Waals surface area (Å²) in [4.78, 5) is 6.72. The molecule has 0 bridgehead atoms. The minimum Gasteiger partial charge on any atom is -0.356 e. The van der Waals surface area contributed by atoms with Crippen molar-refractivity contribution in [1.29, 1.82) is 0 Å². The molecule has 0 radical (unpaired) electrons. The van der Waals surface area contributed by atoms with Crippen molar-refractivity contribution in [2.24, 2.45) is 4.99 Å². The van der Waals surface area contributed by atoms with E-state index in [9.17, 15) is 0 Å². The fraction of sp³-hybridized carbons (Fsp3) is 0.500. The van der Waals surface area contributed by atoms with E-state index in [1.54, 1.807) is 7.05 Å². The number of benzene rings is 1. The zero-order valence-electron chi connectivity index (χ0n) is 16.9. The molecule has 1 aromatic heterocycles. The van der Waals surface area contributed by atoms with Crippen molar-refractivity contribution in [3.63, 3.8) is 0 Å². The summed E-state index contributed by atoms with van der Waals surface area (Å²) in [6, 6.07) is 13.0. The summed E-state index contributed by atoms with van der Waals surface area (Å²) in [5.41, 5.74) is 1.87. The molecule has 0 spiro atoms. The third-order valence-corrected chi connectivity index (χ3v) is 4.27. The van der Waals surface area contributed by atoms with E-state index in [0.29, 0.717) is 18.6 Å². The van der Waals surface area contributed by atoms with Crippen LogP contribution in [0.3, 0.4) is 0 Å². The van der Waals surface area contributed by atoms with Crippen LogP contribution in [0.2, 0.25) is 0 Å². The molecule has 2 N–H and O–H groups in total. The van der Waals surface area contributed by atoms with E-state index in [4.69, 9.17) is 4.52 Å². The molecule has 0 atom stereocenters. The molecule has 6 nitrogen and oxygen atoms in total. The lowest BCUT2D eigenvalue weighted by atomic mass is 10.2. The van der Waals surface area contributed by atoms with Gasteiger partial charge in [0.15, 0.2) is 11.7 Å². The van der Waals surface area contributed by atoms with Gasteiger partial charge in [0, 0.05) is 43.9 Å². The summed E-state index contributed by atoms with van der Waals surface area (Å²) in [6.07, 6.45) is 0. The largest absolute Gasteiger partial charge is 0.356 e. The van der Waals surface area contributed by atoms with E-state index in [2.05, 4.69) is 53.4 Å². The van der Waals surface area contributed by atoms with E-state index in [1.807, 2.05) is 36.4 Å². The van der Waals surface area contributed by atoms with Gasteiger partial charge in [-0.25, -0.2) is 0 Å². The molecule has 2 rings (SSSR count). The summed E-state index contributed by atoms with van der Waals surface area (Å²) in [5, 5.41) is 10.8. The molecule has 1 aromatic carbocycles. The van der Waals surface area contributed by atoms with Crippen molar-refractivity contribution in [2.75, 3.05) is 20.1 Å². The Hall–Kier alpha value is -1.61. The monoisotopic (exact) mass is 485 g/mol. The maximum Gasteiger partial charge on any atom is 0.191 e. The maximum atomic E-state index is 5.42. The highest BCUT2D eigenvalue weighted by atomic mass is 127. The Morgan fingerprint density at radius 1 is 1.11 bits per heavy atom. The van der Waals surface area contributed by atoms with Crippen LogP contribution < -0.4 is 10.6 Å². The summed E-state index contributed by atoms with van der Waals surface area (Å²) in [5.74, 6) is 1.54. The van der Waals surface area contributed by atoms with Crippen molar-refractivity contribution in [1.82, 2.24) is 20.7 Å². The lowest BCUT2D eigenvalue weighted by molar-refractivity contribution is 0.178. The lowest BCUT2D eigenvalue weighted by Crippen LogP contribution is -2.45. The second kappa shape index (κ2) is 12.0. The maximum absolute atomic E-state index is 5.42. The highest BCUT2D eigenvalue weighted by Gasteiger charge is 2.13. The number of hydrogen-bond acceptors (Lipinski definition) is 4. The van der Waals surface area contributed by atoms with Gasteiger partial charge in [0.2, 0.25) is 0 Å². The van der Waals surface area contributed by atoms with Crippen molar-refractivity contribution < 1.29 is 4.52 Å². The van der Waals surface area contributed by atoms with Gasteiger partial charge < -0.3 is 15.2 Å². The first kappa shape index (κ1) is 23.4. The van der Waals surface area contributed by atoms with Gasteiger partial charge in [-0.2, -0.15) is 0 Å². The van der Waals surface area contributed by atoms with E-state index < -0.39 is 0 Å². The van der Waals surface area contributed by atoms with Gasteiger partial charge in [0.25, 0.3) is 0 Å². The van der Waals surface area contributed by atoms with Crippen LogP contribution in [-0.4, -0.2) is 48.2 Å².